The third kappa shape index (κ3) is 3.76. The zero-order valence-corrected chi connectivity index (χ0v) is 15.5. The fraction of sp³-hybridized carbons (Fsp3) is 0.438. The quantitative estimate of drug-likeness (QED) is 0.753. The van der Waals surface area contributed by atoms with Crippen LogP contribution in [0.15, 0.2) is 21.1 Å². The summed E-state index contributed by atoms with van der Waals surface area (Å²) in [6, 6.07) is 3.24. The number of hydrogen-bond acceptors (Lipinski definition) is 4. The molecule has 1 aromatic carbocycles. The lowest BCUT2D eigenvalue weighted by Gasteiger charge is -2.16. The van der Waals surface area contributed by atoms with Crippen LogP contribution in [-0.2, 0) is 0 Å². The number of benzene rings is 1. The van der Waals surface area contributed by atoms with Crippen LogP contribution in [0.2, 0.25) is 5.02 Å². The minimum atomic E-state index is -0.600. The van der Waals surface area contributed by atoms with Crippen molar-refractivity contribution in [2.45, 2.75) is 32.3 Å². The van der Waals surface area contributed by atoms with E-state index in [1.54, 1.807) is 19.1 Å². The Bertz CT molecular complexity index is 693. The first-order chi connectivity index (χ1) is 10.9. The Labute approximate surface area is 148 Å². The van der Waals surface area contributed by atoms with Crippen LogP contribution in [0, 0.1) is 12.7 Å². The van der Waals surface area contributed by atoms with Crippen LogP contribution in [0.3, 0.4) is 0 Å². The largest absolute Gasteiger partial charge is 0.392 e. The zero-order chi connectivity index (χ0) is 17.1. The van der Waals surface area contributed by atoms with E-state index in [1.165, 1.54) is 0 Å². The molecule has 0 aliphatic carbocycles. The number of nitrogens with one attached hydrogen (secondary N) is 1. The van der Waals surface area contributed by atoms with Gasteiger partial charge in [0.25, 0.3) is 0 Å². The molecule has 0 radical (unpaired) electrons. The van der Waals surface area contributed by atoms with Crippen LogP contribution < -0.4 is 5.32 Å². The number of aliphatic hydroxyl groups is 1. The van der Waals surface area contributed by atoms with Gasteiger partial charge in [0.05, 0.1) is 21.2 Å². The van der Waals surface area contributed by atoms with E-state index in [-0.39, 0.29) is 16.5 Å². The van der Waals surface area contributed by atoms with Gasteiger partial charge in [-0.25, -0.2) is 4.39 Å². The topological polar surface area (TPSA) is 58.3 Å². The molecule has 1 heterocycles. The van der Waals surface area contributed by atoms with Crippen LogP contribution >= 0.6 is 27.5 Å². The molecule has 2 unspecified atom stereocenters. The molecule has 126 valence electrons. The van der Waals surface area contributed by atoms with E-state index in [2.05, 4.69) is 26.4 Å². The van der Waals surface area contributed by atoms with Crippen molar-refractivity contribution in [3.63, 3.8) is 0 Å². The Kier molecular flexibility index (Phi) is 6.19. The molecule has 0 aliphatic heterocycles. The third-order valence-electron chi connectivity index (χ3n) is 3.86. The van der Waals surface area contributed by atoms with Gasteiger partial charge in [-0.3, -0.25) is 0 Å². The zero-order valence-electron chi connectivity index (χ0n) is 13.2. The number of rotatable bonds is 6. The van der Waals surface area contributed by atoms with E-state index in [4.69, 9.17) is 16.1 Å². The molecule has 4 nitrogen and oxygen atoms in total. The highest BCUT2D eigenvalue weighted by molar-refractivity contribution is 9.10. The number of nitrogens with zero attached hydrogens (tertiary/aromatic N) is 1. The monoisotopic (exact) mass is 404 g/mol. The predicted octanol–water partition coefficient (Wildman–Crippen LogP) is 4.28. The number of aromatic nitrogens is 1. The first-order valence-electron chi connectivity index (χ1n) is 7.31. The standard InChI is InChI=1S/C16H19BrClFN2O2/c1-8-4-5-10(18)12(14(8)19)15-13(17)16(23-21-15)9(2)11(22)6-7-20-3/h4-5,9,11,20,22H,6-7H2,1-3H3. The van der Waals surface area contributed by atoms with Crippen molar-refractivity contribution < 1.29 is 14.0 Å². The smallest absolute Gasteiger partial charge is 0.156 e. The maximum absolute atomic E-state index is 14.4. The number of aryl methyl sites for hydroxylation is 1. The Hall–Kier alpha value is -0.950. The lowest BCUT2D eigenvalue weighted by molar-refractivity contribution is 0.127. The summed E-state index contributed by atoms with van der Waals surface area (Å²) in [5, 5.41) is 17.4. The van der Waals surface area contributed by atoms with Gasteiger partial charge in [0.1, 0.15) is 11.5 Å². The molecule has 1 aromatic heterocycles. The summed E-state index contributed by atoms with van der Waals surface area (Å²) in [5.41, 5.74) is 0.979. The molecule has 2 rings (SSSR count). The molecule has 0 saturated carbocycles. The number of aliphatic hydroxyl groups excluding tert-OH is 1. The van der Waals surface area contributed by atoms with Gasteiger partial charge in [-0.2, -0.15) is 0 Å². The average molecular weight is 406 g/mol. The maximum Gasteiger partial charge on any atom is 0.156 e. The van der Waals surface area contributed by atoms with E-state index < -0.39 is 11.9 Å². The Morgan fingerprint density at radius 2 is 2.17 bits per heavy atom. The van der Waals surface area contributed by atoms with Gasteiger partial charge < -0.3 is 14.9 Å². The Morgan fingerprint density at radius 1 is 1.48 bits per heavy atom. The molecule has 2 N–H and O–H groups in total. The van der Waals surface area contributed by atoms with Crippen molar-refractivity contribution in [2.24, 2.45) is 0 Å². The van der Waals surface area contributed by atoms with E-state index >= 15 is 0 Å². The fourth-order valence-electron chi connectivity index (χ4n) is 2.32. The predicted molar refractivity (Wildman–Crippen MR) is 92.3 cm³/mol. The van der Waals surface area contributed by atoms with E-state index in [1.807, 2.05) is 14.0 Å². The minimum absolute atomic E-state index is 0.199. The second kappa shape index (κ2) is 7.75. The molecule has 2 atom stereocenters. The highest BCUT2D eigenvalue weighted by Gasteiger charge is 2.27. The minimum Gasteiger partial charge on any atom is -0.392 e. The number of hydrogen-bond donors (Lipinski definition) is 2. The van der Waals surface area contributed by atoms with Gasteiger partial charge in [0.2, 0.25) is 0 Å². The van der Waals surface area contributed by atoms with Crippen LogP contribution in [0.25, 0.3) is 11.3 Å². The van der Waals surface area contributed by atoms with Gasteiger partial charge in [-0.1, -0.05) is 29.7 Å². The van der Waals surface area contributed by atoms with Crippen molar-refractivity contribution in [1.29, 1.82) is 0 Å². The summed E-state index contributed by atoms with van der Waals surface area (Å²) >= 11 is 9.54. The van der Waals surface area contributed by atoms with Crippen LogP contribution in [0.1, 0.15) is 30.6 Å². The summed E-state index contributed by atoms with van der Waals surface area (Å²) in [6.45, 7) is 4.18. The molecule has 0 bridgehead atoms. The maximum atomic E-state index is 14.4. The second-order valence-corrected chi connectivity index (χ2v) is 6.71. The van der Waals surface area contributed by atoms with E-state index in [0.717, 1.165) is 0 Å². The molecule has 2 aromatic rings. The van der Waals surface area contributed by atoms with Gasteiger partial charge >= 0.3 is 0 Å². The molecule has 0 spiro atoms. The summed E-state index contributed by atoms with van der Waals surface area (Å²) in [7, 11) is 1.82. The van der Waals surface area contributed by atoms with Gasteiger partial charge in [0, 0.05) is 5.92 Å². The molecule has 7 heteroatoms. The van der Waals surface area contributed by atoms with Crippen molar-refractivity contribution in [3.8, 4) is 11.3 Å². The highest BCUT2D eigenvalue weighted by Crippen LogP contribution is 2.40. The van der Waals surface area contributed by atoms with Crippen LogP contribution in [0.5, 0.6) is 0 Å². The van der Waals surface area contributed by atoms with Crippen molar-refractivity contribution in [1.82, 2.24) is 10.5 Å². The molecular weight excluding hydrogens is 387 g/mol. The Morgan fingerprint density at radius 3 is 2.83 bits per heavy atom. The third-order valence-corrected chi connectivity index (χ3v) is 4.94. The first-order valence-corrected chi connectivity index (χ1v) is 8.48. The summed E-state index contributed by atoms with van der Waals surface area (Å²) in [6.07, 6.45) is -0.0305. The highest BCUT2D eigenvalue weighted by atomic mass is 79.9. The normalized spacial score (nSPS) is 14.0. The SMILES string of the molecule is CNCCC(O)C(C)c1onc(-c2c(Cl)ccc(C)c2F)c1Br. The lowest BCUT2D eigenvalue weighted by Crippen LogP contribution is -2.21. The van der Waals surface area contributed by atoms with Crippen molar-refractivity contribution >= 4 is 27.5 Å². The first kappa shape index (κ1) is 18.4. The van der Waals surface area contributed by atoms with Gasteiger partial charge in [-0.15, -0.1) is 0 Å². The van der Waals surface area contributed by atoms with Crippen LogP contribution in [-0.4, -0.2) is 30.0 Å². The average Bonchev–Trinajstić information content (AvgIpc) is 2.90. The summed E-state index contributed by atoms with van der Waals surface area (Å²) in [5.74, 6) is -0.243. The van der Waals surface area contributed by atoms with Crippen LogP contribution in [0.4, 0.5) is 4.39 Å². The van der Waals surface area contributed by atoms with Gasteiger partial charge in [-0.05, 0) is 54.5 Å². The lowest BCUT2D eigenvalue weighted by atomic mass is 9.98. The summed E-state index contributed by atoms with van der Waals surface area (Å²) < 4.78 is 20.3. The molecule has 0 aliphatic rings. The number of halogens is 3. The van der Waals surface area contributed by atoms with Gasteiger partial charge in [0.15, 0.2) is 5.76 Å². The van der Waals surface area contributed by atoms with E-state index in [9.17, 15) is 9.50 Å². The second-order valence-electron chi connectivity index (χ2n) is 5.51. The molecule has 0 saturated heterocycles. The fourth-order valence-corrected chi connectivity index (χ4v) is 3.26. The molecule has 0 amide bonds. The van der Waals surface area contributed by atoms with E-state index in [0.29, 0.717) is 34.5 Å². The summed E-state index contributed by atoms with van der Waals surface area (Å²) in [4.78, 5) is 0. The van der Waals surface area contributed by atoms with Crippen molar-refractivity contribution in [3.05, 3.63) is 38.8 Å². The van der Waals surface area contributed by atoms with Crippen molar-refractivity contribution in [2.75, 3.05) is 13.6 Å². The molecule has 0 fully saturated rings. The molecule has 23 heavy (non-hydrogen) atoms. The Balaban J connectivity index is 2.39. The molecular formula is C16H19BrClFN2O2.